The molecule has 0 bridgehead atoms. The minimum atomic E-state index is -1.56. The molecule has 0 unspecified atom stereocenters. The van der Waals surface area contributed by atoms with Gasteiger partial charge in [-0.25, -0.2) is 0 Å². The van der Waals surface area contributed by atoms with Crippen LogP contribution < -0.4 is 21.1 Å². The molecule has 9 heteroatoms. The Morgan fingerprint density at radius 3 is 2.56 bits per heavy atom. The highest BCUT2D eigenvalue weighted by Crippen LogP contribution is 2.21. The molecule has 2 amide bonds. The number of halogens is 1. The standard InChI is InChI=1S/C18H24ClN3O5/c19-13-5-3-11(4-6-13)12(8-16(24)22-15(10-23)18(26)27)9-21-17(25)14-2-1-7-20-14/h3-6,12,14-15,20,23H,1-2,7-10H2,(H,21,25)(H,22,24)(H,26,27)/t12-,14-,15-/m0/s1. The quantitative estimate of drug-likeness (QED) is 0.378. The second-order valence-electron chi connectivity index (χ2n) is 6.59. The average molecular weight is 398 g/mol. The van der Waals surface area contributed by atoms with Gasteiger partial charge in [-0.3, -0.25) is 9.59 Å². The first-order valence-electron chi connectivity index (χ1n) is 8.88. The van der Waals surface area contributed by atoms with Gasteiger partial charge < -0.3 is 31.0 Å². The molecule has 5 N–H and O–H groups in total. The summed E-state index contributed by atoms with van der Waals surface area (Å²) in [6, 6.07) is 5.32. The molecule has 0 aromatic heterocycles. The number of hydrogen-bond donors (Lipinski definition) is 4. The Balaban J connectivity index is 2.02. The number of nitrogens with two attached hydrogens (primary N) is 1. The van der Waals surface area contributed by atoms with Crippen LogP contribution in [-0.4, -0.2) is 54.7 Å². The number of benzene rings is 1. The third-order valence-corrected chi connectivity index (χ3v) is 4.86. The summed E-state index contributed by atoms with van der Waals surface area (Å²) in [6.45, 7) is 0.397. The summed E-state index contributed by atoms with van der Waals surface area (Å²) in [6.07, 6.45) is 1.76. The average Bonchev–Trinajstić information content (AvgIpc) is 3.18. The first-order valence-corrected chi connectivity index (χ1v) is 9.26. The van der Waals surface area contributed by atoms with E-state index in [1.54, 1.807) is 24.3 Å². The van der Waals surface area contributed by atoms with Gasteiger partial charge in [-0.1, -0.05) is 23.7 Å². The largest absolute Gasteiger partial charge is 0.548 e. The number of carboxylic acids is 1. The van der Waals surface area contributed by atoms with E-state index in [0.29, 0.717) is 5.02 Å². The SMILES string of the molecule is O=C(C[C@@H](CNC(=O)[C@@H]1CCC[NH2+]1)c1ccc(Cl)cc1)N[C@@H](CO)C(=O)[O-]. The summed E-state index contributed by atoms with van der Waals surface area (Å²) in [5.41, 5.74) is 0.791. The minimum absolute atomic E-state index is 0.0555. The fourth-order valence-corrected chi connectivity index (χ4v) is 3.19. The van der Waals surface area contributed by atoms with Crippen molar-refractivity contribution in [2.75, 3.05) is 19.7 Å². The van der Waals surface area contributed by atoms with E-state index in [1.807, 2.05) is 5.32 Å². The maximum absolute atomic E-state index is 12.3. The smallest absolute Gasteiger partial charge is 0.278 e. The third-order valence-electron chi connectivity index (χ3n) is 4.61. The number of aliphatic hydroxyl groups excluding tert-OH is 1. The third kappa shape index (κ3) is 6.50. The fraction of sp³-hybridized carbons (Fsp3) is 0.500. The van der Waals surface area contributed by atoms with E-state index in [9.17, 15) is 19.5 Å². The molecule has 0 saturated carbocycles. The summed E-state index contributed by atoms with van der Waals surface area (Å²) in [7, 11) is 0. The van der Waals surface area contributed by atoms with Crippen LogP contribution in [0.25, 0.3) is 0 Å². The molecule has 8 nitrogen and oxygen atoms in total. The number of amides is 2. The van der Waals surface area contributed by atoms with Gasteiger partial charge in [-0.05, 0) is 17.7 Å². The highest BCUT2D eigenvalue weighted by molar-refractivity contribution is 6.30. The van der Waals surface area contributed by atoms with Crippen molar-refractivity contribution in [3.63, 3.8) is 0 Å². The van der Waals surface area contributed by atoms with Gasteiger partial charge >= 0.3 is 0 Å². The first-order chi connectivity index (χ1) is 12.9. The van der Waals surface area contributed by atoms with Crippen LogP contribution >= 0.6 is 11.6 Å². The summed E-state index contributed by atoms with van der Waals surface area (Å²) in [5, 5.41) is 27.5. The van der Waals surface area contributed by atoms with E-state index >= 15 is 0 Å². The van der Waals surface area contributed by atoms with E-state index in [4.69, 9.17) is 16.7 Å². The topological polar surface area (TPSA) is 135 Å². The zero-order valence-corrected chi connectivity index (χ0v) is 15.6. The highest BCUT2D eigenvalue weighted by atomic mass is 35.5. The van der Waals surface area contributed by atoms with Crippen molar-refractivity contribution >= 4 is 29.4 Å². The Hall–Kier alpha value is -2.16. The van der Waals surface area contributed by atoms with Crippen molar-refractivity contribution in [3.05, 3.63) is 34.9 Å². The number of hydrogen-bond acceptors (Lipinski definition) is 5. The molecular formula is C18H24ClN3O5. The Morgan fingerprint density at radius 2 is 2.00 bits per heavy atom. The molecule has 0 radical (unpaired) electrons. The molecule has 1 aromatic rings. The molecule has 1 aromatic carbocycles. The second kappa shape index (κ2) is 10.2. The van der Waals surface area contributed by atoms with Crippen LogP contribution in [0, 0.1) is 0 Å². The predicted octanol–water partition coefficient (Wildman–Crippen LogP) is -2.12. The van der Waals surface area contributed by atoms with E-state index in [1.165, 1.54) is 0 Å². The van der Waals surface area contributed by atoms with Gasteiger partial charge in [0.2, 0.25) is 5.91 Å². The molecule has 148 valence electrons. The van der Waals surface area contributed by atoms with E-state index in [-0.39, 0.29) is 30.8 Å². The fourth-order valence-electron chi connectivity index (χ4n) is 3.07. The maximum Gasteiger partial charge on any atom is 0.278 e. The Bertz CT molecular complexity index is 661. The number of aliphatic hydroxyl groups is 1. The first kappa shape index (κ1) is 21.1. The van der Waals surface area contributed by atoms with Crippen molar-refractivity contribution < 1.29 is 29.9 Å². The lowest BCUT2D eigenvalue weighted by atomic mass is 9.95. The molecule has 1 fully saturated rings. The van der Waals surface area contributed by atoms with Gasteiger partial charge in [0.15, 0.2) is 6.04 Å². The molecule has 3 atom stereocenters. The van der Waals surface area contributed by atoms with Crippen molar-refractivity contribution in [2.24, 2.45) is 0 Å². The van der Waals surface area contributed by atoms with Crippen LogP contribution in [0.4, 0.5) is 0 Å². The van der Waals surface area contributed by atoms with Gasteiger partial charge in [0.05, 0.1) is 25.2 Å². The molecule has 0 aliphatic carbocycles. The predicted molar refractivity (Wildman–Crippen MR) is 95.7 cm³/mol. The number of carboxylic acid groups (broad SMARTS) is 1. The van der Waals surface area contributed by atoms with Crippen molar-refractivity contribution in [2.45, 2.75) is 37.3 Å². The molecule has 1 aliphatic rings. The summed E-state index contributed by atoms with van der Waals surface area (Å²) in [4.78, 5) is 35.3. The molecule has 0 spiro atoms. The maximum atomic E-state index is 12.3. The van der Waals surface area contributed by atoms with Crippen molar-refractivity contribution in [1.82, 2.24) is 10.6 Å². The van der Waals surface area contributed by atoms with Crippen LogP contribution in [-0.2, 0) is 14.4 Å². The Kier molecular flexibility index (Phi) is 8.02. The van der Waals surface area contributed by atoms with E-state index < -0.39 is 24.5 Å². The zero-order valence-electron chi connectivity index (χ0n) is 14.8. The van der Waals surface area contributed by atoms with Gasteiger partial charge in [0, 0.05) is 36.7 Å². The zero-order chi connectivity index (χ0) is 19.8. The summed E-state index contributed by atoms with van der Waals surface area (Å²) >= 11 is 5.91. The van der Waals surface area contributed by atoms with Crippen LogP contribution in [0.2, 0.25) is 5.02 Å². The van der Waals surface area contributed by atoms with Gasteiger partial charge in [-0.15, -0.1) is 0 Å². The number of nitrogens with one attached hydrogen (secondary N) is 2. The molecule has 2 rings (SSSR count). The lowest BCUT2D eigenvalue weighted by molar-refractivity contribution is -0.657. The van der Waals surface area contributed by atoms with Crippen LogP contribution in [0.15, 0.2) is 24.3 Å². The van der Waals surface area contributed by atoms with Gasteiger partial charge in [0.1, 0.15) is 0 Å². The van der Waals surface area contributed by atoms with Crippen molar-refractivity contribution in [3.8, 4) is 0 Å². The number of rotatable bonds is 9. The molecule has 1 heterocycles. The molecule has 1 aliphatic heterocycles. The van der Waals surface area contributed by atoms with E-state index in [0.717, 1.165) is 24.9 Å². The number of carbonyl (C=O) groups excluding carboxylic acids is 3. The molecule has 1 saturated heterocycles. The summed E-state index contributed by atoms with van der Waals surface area (Å²) < 4.78 is 0. The lowest BCUT2D eigenvalue weighted by Crippen LogP contribution is -2.89. The summed E-state index contributed by atoms with van der Waals surface area (Å²) in [5.74, 6) is -2.55. The number of carbonyl (C=O) groups is 3. The minimum Gasteiger partial charge on any atom is -0.548 e. The van der Waals surface area contributed by atoms with Crippen LogP contribution in [0.1, 0.15) is 30.7 Å². The van der Waals surface area contributed by atoms with Crippen LogP contribution in [0.5, 0.6) is 0 Å². The normalized spacial score (nSPS) is 18.5. The number of quaternary nitrogens is 1. The van der Waals surface area contributed by atoms with E-state index in [2.05, 4.69) is 10.6 Å². The van der Waals surface area contributed by atoms with Crippen molar-refractivity contribution in [1.29, 1.82) is 0 Å². The number of aliphatic carboxylic acids is 1. The van der Waals surface area contributed by atoms with Gasteiger partial charge in [0.25, 0.3) is 5.91 Å². The van der Waals surface area contributed by atoms with Gasteiger partial charge in [-0.2, -0.15) is 0 Å². The second-order valence-corrected chi connectivity index (χ2v) is 7.03. The lowest BCUT2D eigenvalue weighted by Gasteiger charge is -2.21. The monoisotopic (exact) mass is 397 g/mol. The molecular weight excluding hydrogens is 374 g/mol. The molecule has 27 heavy (non-hydrogen) atoms. The Labute approximate surface area is 162 Å². The van der Waals surface area contributed by atoms with Crippen LogP contribution in [0.3, 0.4) is 0 Å². The highest BCUT2D eigenvalue weighted by Gasteiger charge is 2.27. The Morgan fingerprint density at radius 1 is 1.30 bits per heavy atom.